The van der Waals surface area contributed by atoms with Gasteiger partial charge in [0.1, 0.15) is 41.8 Å². The van der Waals surface area contributed by atoms with Crippen molar-refractivity contribution >= 4 is 11.3 Å². The summed E-state index contributed by atoms with van der Waals surface area (Å²) < 4.78 is 10.8. The number of aliphatic hydroxyl groups is 4. The summed E-state index contributed by atoms with van der Waals surface area (Å²) >= 11 is 0. The van der Waals surface area contributed by atoms with Crippen LogP contribution in [0.25, 0.3) is 5.57 Å². The Kier molecular flexibility index (Phi) is 6.14. The van der Waals surface area contributed by atoms with Gasteiger partial charge in [-0.15, -0.1) is 10.2 Å². The molecule has 1 aliphatic heterocycles. The van der Waals surface area contributed by atoms with Crippen LogP contribution in [0.5, 0.6) is 5.75 Å². The molecular weight excluding hydrogens is 372 g/mol. The van der Waals surface area contributed by atoms with E-state index < -0.39 is 37.3 Å². The van der Waals surface area contributed by atoms with Gasteiger partial charge in [-0.3, -0.25) is 0 Å². The number of hydrogen-bond acceptors (Lipinski definition) is 11. The van der Waals surface area contributed by atoms with E-state index in [1.165, 1.54) is 6.20 Å². The number of aliphatic hydroxyl groups excluding tert-OH is 4. The van der Waals surface area contributed by atoms with Gasteiger partial charge in [0.25, 0.3) is 0 Å². The van der Waals surface area contributed by atoms with E-state index in [2.05, 4.69) is 25.9 Å². The number of allylic oxidation sites excluding steroid dienone is 1. The second kappa shape index (κ2) is 8.74. The van der Waals surface area contributed by atoms with Crippen molar-refractivity contribution in [1.29, 1.82) is 5.26 Å². The van der Waals surface area contributed by atoms with Gasteiger partial charge in [-0.05, 0) is 29.5 Å². The number of nitrogens with one attached hydrogen (secondary N) is 2. The van der Waals surface area contributed by atoms with Gasteiger partial charge in [-0.2, -0.15) is 10.5 Å². The number of tetrazole rings is 1. The van der Waals surface area contributed by atoms with Crippen molar-refractivity contribution in [2.75, 3.05) is 11.9 Å². The number of nitriles is 1. The first kappa shape index (κ1) is 19.7. The maximum Gasteiger partial charge on any atom is 0.229 e. The number of nitrogens with zero attached hydrogens (tertiary/aromatic N) is 4. The Hall–Kier alpha value is -3.08. The third kappa shape index (κ3) is 4.25. The lowest BCUT2D eigenvalue weighted by molar-refractivity contribution is -0.277. The van der Waals surface area contributed by atoms with Gasteiger partial charge >= 0.3 is 0 Å². The minimum atomic E-state index is -1.52. The van der Waals surface area contributed by atoms with Gasteiger partial charge in [0.05, 0.1) is 6.61 Å². The van der Waals surface area contributed by atoms with Crippen LogP contribution in [-0.4, -0.2) is 78.4 Å². The molecule has 5 unspecified atom stereocenters. The molecule has 0 saturated carbocycles. The molecule has 1 aliphatic rings. The molecule has 0 bridgehead atoms. The lowest BCUT2D eigenvalue weighted by Gasteiger charge is -2.39. The third-order valence-corrected chi connectivity index (χ3v) is 4.04. The molecule has 5 atom stereocenters. The molecule has 3 rings (SSSR count). The van der Waals surface area contributed by atoms with Crippen LogP contribution in [0, 0.1) is 11.3 Å². The molecule has 1 fully saturated rings. The van der Waals surface area contributed by atoms with E-state index in [0.717, 1.165) is 0 Å². The summed E-state index contributed by atoms with van der Waals surface area (Å²) in [6, 6.07) is 8.36. The standard InChI is InChI=1S/C16H18N6O6/c17-5-8(15-19-21-22-20-15)6-18-9-1-3-10(4-2-9)27-16-14(26)13(25)12(24)11(7-23)28-16/h1-4,6,11-14,16,18,23-26H,7H2,(H,19,20,21,22). The van der Waals surface area contributed by atoms with Gasteiger partial charge in [0.15, 0.2) is 0 Å². The van der Waals surface area contributed by atoms with Crippen LogP contribution in [0.1, 0.15) is 5.82 Å². The van der Waals surface area contributed by atoms with Crippen LogP contribution >= 0.6 is 0 Å². The highest BCUT2D eigenvalue weighted by molar-refractivity contribution is 5.74. The Morgan fingerprint density at radius 1 is 1.25 bits per heavy atom. The Morgan fingerprint density at radius 2 is 2.00 bits per heavy atom. The number of aromatic amines is 1. The van der Waals surface area contributed by atoms with E-state index >= 15 is 0 Å². The van der Waals surface area contributed by atoms with Crippen molar-refractivity contribution in [3.05, 3.63) is 36.3 Å². The zero-order chi connectivity index (χ0) is 20.1. The number of hydrogen-bond donors (Lipinski definition) is 6. The van der Waals surface area contributed by atoms with E-state index in [9.17, 15) is 20.4 Å². The number of rotatable bonds is 6. The molecule has 0 radical (unpaired) electrons. The Labute approximate surface area is 158 Å². The maximum absolute atomic E-state index is 9.99. The fraction of sp³-hybridized carbons (Fsp3) is 0.375. The van der Waals surface area contributed by atoms with Crippen LogP contribution < -0.4 is 10.1 Å². The molecule has 2 heterocycles. The van der Waals surface area contributed by atoms with Gasteiger partial charge in [-0.1, -0.05) is 0 Å². The zero-order valence-corrected chi connectivity index (χ0v) is 14.4. The Morgan fingerprint density at radius 3 is 2.61 bits per heavy atom. The van der Waals surface area contributed by atoms with Crippen molar-refractivity contribution < 1.29 is 29.9 Å². The second-order valence-corrected chi connectivity index (χ2v) is 5.89. The van der Waals surface area contributed by atoms with E-state index in [1.807, 2.05) is 6.07 Å². The third-order valence-electron chi connectivity index (χ3n) is 4.04. The van der Waals surface area contributed by atoms with E-state index in [1.54, 1.807) is 24.3 Å². The van der Waals surface area contributed by atoms with Crippen LogP contribution in [0.15, 0.2) is 30.5 Å². The molecular formula is C16H18N6O6. The van der Waals surface area contributed by atoms with Crippen LogP contribution in [0.2, 0.25) is 0 Å². The van der Waals surface area contributed by atoms with Crippen molar-refractivity contribution in [3.8, 4) is 11.8 Å². The quantitative estimate of drug-likeness (QED) is 0.310. The number of H-pyrrole nitrogens is 1. The predicted octanol–water partition coefficient (Wildman–Crippen LogP) is -1.65. The van der Waals surface area contributed by atoms with Crippen molar-refractivity contribution in [3.63, 3.8) is 0 Å². The number of benzene rings is 1. The van der Waals surface area contributed by atoms with E-state index in [0.29, 0.717) is 11.4 Å². The zero-order valence-electron chi connectivity index (χ0n) is 14.4. The van der Waals surface area contributed by atoms with E-state index in [4.69, 9.17) is 14.7 Å². The summed E-state index contributed by atoms with van der Waals surface area (Å²) in [5, 5.41) is 63.8. The summed E-state index contributed by atoms with van der Waals surface area (Å²) in [5.41, 5.74) is 0.799. The number of anilines is 1. The lowest BCUT2D eigenvalue weighted by atomic mass is 9.99. The summed E-state index contributed by atoms with van der Waals surface area (Å²) in [4.78, 5) is 0. The molecule has 1 saturated heterocycles. The normalized spacial score (nSPS) is 27.8. The summed E-state index contributed by atoms with van der Waals surface area (Å²) in [5.74, 6) is 0.468. The minimum absolute atomic E-state index is 0.151. The topological polar surface area (TPSA) is 190 Å². The first-order chi connectivity index (χ1) is 13.5. The molecule has 2 aromatic rings. The van der Waals surface area contributed by atoms with Gasteiger partial charge in [0.2, 0.25) is 12.1 Å². The second-order valence-electron chi connectivity index (χ2n) is 5.89. The molecule has 0 aliphatic carbocycles. The van der Waals surface area contributed by atoms with Crippen LogP contribution in [-0.2, 0) is 4.74 Å². The monoisotopic (exact) mass is 390 g/mol. The van der Waals surface area contributed by atoms with Crippen molar-refractivity contribution in [1.82, 2.24) is 20.6 Å². The highest BCUT2D eigenvalue weighted by Crippen LogP contribution is 2.25. The first-order valence-corrected chi connectivity index (χ1v) is 8.21. The predicted molar refractivity (Wildman–Crippen MR) is 92.2 cm³/mol. The molecule has 6 N–H and O–H groups in total. The van der Waals surface area contributed by atoms with Crippen LogP contribution in [0.3, 0.4) is 0 Å². The minimum Gasteiger partial charge on any atom is -0.462 e. The highest BCUT2D eigenvalue weighted by atomic mass is 16.7. The molecule has 28 heavy (non-hydrogen) atoms. The Bertz CT molecular complexity index is 834. The smallest absolute Gasteiger partial charge is 0.229 e. The molecule has 1 aromatic carbocycles. The fourth-order valence-corrected chi connectivity index (χ4v) is 2.51. The summed E-state index contributed by atoms with van der Waals surface area (Å²) in [6.45, 7) is -0.540. The summed E-state index contributed by atoms with van der Waals surface area (Å²) in [6.07, 6.45) is -5.37. The van der Waals surface area contributed by atoms with Gasteiger partial charge in [0, 0.05) is 11.9 Å². The van der Waals surface area contributed by atoms with Gasteiger partial charge < -0.3 is 35.2 Å². The molecule has 12 heteroatoms. The molecule has 0 spiro atoms. The highest BCUT2D eigenvalue weighted by Gasteiger charge is 2.44. The maximum atomic E-state index is 9.99. The van der Waals surface area contributed by atoms with Crippen LogP contribution in [0.4, 0.5) is 5.69 Å². The Balaban J connectivity index is 1.64. The average molecular weight is 390 g/mol. The van der Waals surface area contributed by atoms with Crippen molar-refractivity contribution in [2.45, 2.75) is 30.7 Å². The average Bonchev–Trinajstić information content (AvgIpc) is 3.24. The van der Waals surface area contributed by atoms with Crippen molar-refractivity contribution in [2.24, 2.45) is 0 Å². The lowest BCUT2D eigenvalue weighted by Crippen LogP contribution is -2.60. The SMILES string of the molecule is N#CC(=CNc1ccc(OC2OC(CO)C(O)C(O)C2O)cc1)c1nn[nH]n1. The first-order valence-electron chi connectivity index (χ1n) is 8.21. The number of aromatic nitrogens is 4. The summed E-state index contributed by atoms with van der Waals surface area (Å²) in [7, 11) is 0. The van der Waals surface area contributed by atoms with Gasteiger partial charge in [-0.25, -0.2) is 0 Å². The molecule has 12 nitrogen and oxygen atoms in total. The number of ether oxygens (including phenoxy) is 2. The molecule has 1 aromatic heterocycles. The van der Waals surface area contributed by atoms with E-state index in [-0.39, 0.29) is 11.4 Å². The molecule has 148 valence electrons. The largest absolute Gasteiger partial charge is 0.462 e. The molecule has 0 amide bonds. The fourth-order valence-electron chi connectivity index (χ4n) is 2.51.